The molecule has 0 unspecified atom stereocenters. The number of anilines is 2. The summed E-state index contributed by atoms with van der Waals surface area (Å²) in [6.45, 7) is -0.379. The van der Waals surface area contributed by atoms with Crippen molar-refractivity contribution in [2.75, 3.05) is 23.0 Å². The summed E-state index contributed by atoms with van der Waals surface area (Å²) in [4.78, 5) is 37.7. The Morgan fingerprint density at radius 3 is 2.38 bits per heavy atom. The zero-order valence-corrected chi connectivity index (χ0v) is 13.3. The molecule has 1 aromatic rings. The standard InChI is InChI=1S/C15H7Cl2FN2O4/c1-2-3-19-9-5-8(7(18)4-10(9)24-6-11(19)21)20-14(22)12(16)13(17)15(20)23/h1,4-5H,3,6H2. The third-order valence-corrected chi connectivity index (χ3v) is 4.23. The summed E-state index contributed by atoms with van der Waals surface area (Å²) in [7, 11) is 0. The first-order valence-corrected chi connectivity index (χ1v) is 7.26. The lowest BCUT2D eigenvalue weighted by atomic mass is 10.2. The number of ether oxygens (including phenoxy) is 1. The van der Waals surface area contributed by atoms with E-state index in [2.05, 4.69) is 5.92 Å². The number of carbonyl (C=O) groups is 3. The Morgan fingerprint density at radius 1 is 1.17 bits per heavy atom. The fourth-order valence-electron chi connectivity index (χ4n) is 2.34. The quantitative estimate of drug-likeness (QED) is 0.589. The third kappa shape index (κ3) is 2.31. The average molecular weight is 369 g/mol. The van der Waals surface area contributed by atoms with Crippen LogP contribution in [-0.2, 0) is 14.4 Å². The molecule has 24 heavy (non-hydrogen) atoms. The number of halogens is 3. The number of terminal acetylenes is 1. The normalized spacial score (nSPS) is 17.2. The Labute approximate surface area is 145 Å². The van der Waals surface area contributed by atoms with E-state index in [1.807, 2.05) is 0 Å². The van der Waals surface area contributed by atoms with Gasteiger partial charge in [-0.2, -0.15) is 0 Å². The molecule has 9 heteroatoms. The van der Waals surface area contributed by atoms with Gasteiger partial charge in [-0.3, -0.25) is 19.3 Å². The van der Waals surface area contributed by atoms with Gasteiger partial charge in [0.25, 0.3) is 17.7 Å². The molecule has 0 saturated heterocycles. The van der Waals surface area contributed by atoms with Crippen LogP contribution in [0.3, 0.4) is 0 Å². The van der Waals surface area contributed by atoms with Crippen LogP contribution in [0.5, 0.6) is 5.75 Å². The molecule has 3 amide bonds. The molecule has 0 spiro atoms. The van der Waals surface area contributed by atoms with E-state index in [0.29, 0.717) is 4.90 Å². The van der Waals surface area contributed by atoms with Crippen LogP contribution in [0.25, 0.3) is 0 Å². The molecule has 1 aromatic carbocycles. The van der Waals surface area contributed by atoms with E-state index in [-0.39, 0.29) is 24.6 Å². The van der Waals surface area contributed by atoms with Gasteiger partial charge in [0.2, 0.25) is 0 Å². The first-order chi connectivity index (χ1) is 11.4. The molecular weight excluding hydrogens is 362 g/mol. The summed E-state index contributed by atoms with van der Waals surface area (Å²) < 4.78 is 19.5. The van der Waals surface area contributed by atoms with E-state index in [1.165, 1.54) is 4.90 Å². The molecule has 6 nitrogen and oxygen atoms in total. The summed E-state index contributed by atoms with van der Waals surface area (Å²) in [6.07, 6.45) is 5.23. The van der Waals surface area contributed by atoms with Crippen molar-refractivity contribution >= 4 is 52.3 Å². The number of carbonyl (C=O) groups excluding carboxylic acids is 3. The lowest BCUT2D eigenvalue weighted by Gasteiger charge is -2.29. The lowest BCUT2D eigenvalue weighted by Crippen LogP contribution is -2.39. The second-order valence-corrected chi connectivity index (χ2v) is 5.57. The molecule has 3 rings (SSSR count). The second-order valence-electron chi connectivity index (χ2n) is 4.82. The second kappa shape index (κ2) is 5.82. The van der Waals surface area contributed by atoms with Crippen LogP contribution >= 0.6 is 23.2 Å². The minimum atomic E-state index is -0.961. The highest BCUT2D eigenvalue weighted by Gasteiger charge is 2.40. The van der Waals surface area contributed by atoms with Gasteiger partial charge >= 0.3 is 0 Å². The van der Waals surface area contributed by atoms with E-state index < -0.39 is 39.3 Å². The summed E-state index contributed by atoms with van der Waals surface area (Å²) in [5.41, 5.74) is -0.266. The SMILES string of the molecule is C#CCN1C(=O)COc2cc(F)c(N3C(=O)C(Cl)=C(Cl)C3=O)cc21. The molecule has 2 heterocycles. The van der Waals surface area contributed by atoms with Gasteiger partial charge in [0.1, 0.15) is 15.8 Å². The molecule has 0 aliphatic carbocycles. The van der Waals surface area contributed by atoms with Crippen molar-refractivity contribution in [1.82, 2.24) is 0 Å². The van der Waals surface area contributed by atoms with Gasteiger partial charge in [0.15, 0.2) is 12.4 Å². The molecule has 0 saturated carbocycles. The zero-order chi connectivity index (χ0) is 17.6. The number of imide groups is 1. The van der Waals surface area contributed by atoms with Crippen molar-refractivity contribution in [3.8, 4) is 18.1 Å². The molecule has 0 radical (unpaired) electrons. The van der Waals surface area contributed by atoms with E-state index in [9.17, 15) is 18.8 Å². The maximum absolute atomic E-state index is 14.4. The lowest BCUT2D eigenvalue weighted by molar-refractivity contribution is -0.121. The van der Waals surface area contributed by atoms with Crippen molar-refractivity contribution in [3.05, 3.63) is 28.0 Å². The first-order valence-electron chi connectivity index (χ1n) is 6.51. The maximum Gasteiger partial charge on any atom is 0.278 e. The van der Waals surface area contributed by atoms with Crippen molar-refractivity contribution in [3.63, 3.8) is 0 Å². The van der Waals surface area contributed by atoms with E-state index in [4.69, 9.17) is 34.4 Å². The highest BCUT2D eigenvalue weighted by Crippen LogP contribution is 2.40. The topological polar surface area (TPSA) is 66.9 Å². The van der Waals surface area contributed by atoms with Crippen LogP contribution < -0.4 is 14.5 Å². The van der Waals surface area contributed by atoms with Crippen molar-refractivity contribution in [2.24, 2.45) is 0 Å². The van der Waals surface area contributed by atoms with Gasteiger partial charge in [-0.25, -0.2) is 9.29 Å². The molecule has 0 fully saturated rings. The summed E-state index contributed by atoms with van der Waals surface area (Å²) in [6, 6.07) is 2.08. The Balaban J connectivity index is 2.12. The number of hydrogen-bond donors (Lipinski definition) is 0. The van der Waals surface area contributed by atoms with Crippen molar-refractivity contribution in [1.29, 1.82) is 0 Å². The highest BCUT2D eigenvalue weighted by molar-refractivity contribution is 6.62. The Kier molecular flexibility index (Phi) is 3.95. The molecular formula is C15H7Cl2FN2O4. The number of amides is 3. The summed E-state index contributed by atoms with van der Waals surface area (Å²) in [5, 5.41) is -1.02. The minimum absolute atomic E-state index is 0.0651. The molecule has 0 bridgehead atoms. The van der Waals surface area contributed by atoms with Crippen LogP contribution in [-0.4, -0.2) is 30.9 Å². The van der Waals surface area contributed by atoms with Crippen LogP contribution in [0.4, 0.5) is 15.8 Å². The smallest absolute Gasteiger partial charge is 0.278 e. The van der Waals surface area contributed by atoms with E-state index in [0.717, 1.165) is 12.1 Å². The van der Waals surface area contributed by atoms with Crippen LogP contribution in [0.15, 0.2) is 22.2 Å². The van der Waals surface area contributed by atoms with Gasteiger partial charge in [0.05, 0.1) is 17.9 Å². The Morgan fingerprint density at radius 2 is 1.79 bits per heavy atom. The van der Waals surface area contributed by atoms with Gasteiger partial charge in [-0.15, -0.1) is 6.42 Å². The Hall–Kier alpha value is -2.56. The highest BCUT2D eigenvalue weighted by atomic mass is 35.5. The van der Waals surface area contributed by atoms with E-state index in [1.54, 1.807) is 0 Å². The summed E-state index contributed by atoms with van der Waals surface area (Å²) >= 11 is 11.3. The average Bonchev–Trinajstić information content (AvgIpc) is 2.74. The van der Waals surface area contributed by atoms with Crippen LogP contribution in [0.2, 0.25) is 0 Å². The number of hydrogen-bond acceptors (Lipinski definition) is 4. The predicted molar refractivity (Wildman–Crippen MR) is 84.3 cm³/mol. The number of nitrogens with zero attached hydrogens (tertiary/aromatic N) is 2. The molecule has 0 N–H and O–H groups in total. The van der Waals surface area contributed by atoms with Crippen LogP contribution in [0.1, 0.15) is 0 Å². The minimum Gasteiger partial charge on any atom is -0.481 e. The zero-order valence-electron chi connectivity index (χ0n) is 11.8. The first kappa shape index (κ1) is 16.3. The fourth-order valence-corrected chi connectivity index (χ4v) is 2.67. The molecule has 2 aliphatic rings. The predicted octanol–water partition coefficient (Wildman–Crippen LogP) is 1.75. The summed E-state index contributed by atoms with van der Waals surface area (Å²) in [5.74, 6) is -0.909. The monoisotopic (exact) mass is 368 g/mol. The number of rotatable bonds is 2. The third-order valence-electron chi connectivity index (χ3n) is 3.44. The van der Waals surface area contributed by atoms with Gasteiger partial charge in [-0.05, 0) is 6.07 Å². The molecule has 0 atom stereocenters. The molecule has 2 aliphatic heterocycles. The van der Waals surface area contributed by atoms with Crippen LogP contribution in [0, 0.1) is 18.2 Å². The number of fused-ring (bicyclic) bond motifs is 1. The van der Waals surface area contributed by atoms with Crippen molar-refractivity contribution in [2.45, 2.75) is 0 Å². The fraction of sp³-hybridized carbons (Fsp3) is 0.133. The number of benzene rings is 1. The van der Waals surface area contributed by atoms with Gasteiger partial charge < -0.3 is 4.74 Å². The van der Waals surface area contributed by atoms with Gasteiger partial charge in [0, 0.05) is 6.07 Å². The van der Waals surface area contributed by atoms with Gasteiger partial charge in [-0.1, -0.05) is 29.1 Å². The van der Waals surface area contributed by atoms with Crippen molar-refractivity contribution < 1.29 is 23.5 Å². The largest absolute Gasteiger partial charge is 0.481 e. The maximum atomic E-state index is 14.4. The molecule has 122 valence electrons. The Bertz CT molecular complexity index is 851. The van der Waals surface area contributed by atoms with E-state index >= 15 is 0 Å². The molecule has 0 aromatic heterocycles.